The van der Waals surface area contributed by atoms with Crippen molar-refractivity contribution in [1.29, 1.82) is 0 Å². The molecule has 0 aromatic carbocycles. The van der Waals surface area contributed by atoms with E-state index in [1.165, 1.54) is 43.4 Å². The summed E-state index contributed by atoms with van der Waals surface area (Å²) in [6.07, 6.45) is 8.51. The van der Waals surface area contributed by atoms with Gasteiger partial charge in [0.25, 0.3) is 0 Å². The predicted molar refractivity (Wildman–Crippen MR) is 83.5 cm³/mol. The summed E-state index contributed by atoms with van der Waals surface area (Å²) in [7, 11) is 0. The lowest BCUT2D eigenvalue weighted by Crippen LogP contribution is -2.17. The van der Waals surface area contributed by atoms with Crippen molar-refractivity contribution in [2.45, 2.75) is 40.5 Å². The second-order valence-corrected chi connectivity index (χ2v) is 4.53. The van der Waals surface area contributed by atoms with Gasteiger partial charge in [0.05, 0.1) is 0 Å². The molecule has 0 amide bonds. The molecule has 106 valence electrons. The maximum absolute atomic E-state index is 4.03. The zero-order chi connectivity index (χ0) is 14.1. The van der Waals surface area contributed by atoms with Crippen LogP contribution in [0.15, 0.2) is 24.7 Å². The average molecular weight is 261 g/mol. The van der Waals surface area contributed by atoms with Crippen LogP contribution >= 0.6 is 0 Å². The Hall–Kier alpha value is -1.35. The Bertz CT molecular complexity index is 456. The van der Waals surface area contributed by atoms with Crippen LogP contribution in [0.5, 0.6) is 0 Å². The summed E-state index contributed by atoms with van der Waals surface area (Å²) in [5.41, 5.74) is 2.41. The number of aromatic amines is 1. The van der Waals surface area contributed by atoms with E-state index in [1.54, 1.807) is 6.20 Å². The minimum atomic E-state index is 1.16. The molecule has 1 aliphatic rings. The lowest BCUT2D eigenvalue weighted by Gasteiger charge is -2.08. The SMILES string of the molecule is CC.CCN1CCCC1.Cc1c[nH]c2ccncc12. The van der Waals surface area contributed by atoms with Crippen molar-refractivity contribution in [2.75, 3.05) is 19.6 Å². The van der Waals surface area contributed by atoms with Crippen molar-refractivity contribution in [3.63, 3.8) is 0 Å². The van der Waals surface area contributed by atoms with Gasteiger partial charge in [-0.3, -0.25) is 4.98 Å². The van der Waals surface area contributed by atoms with E-state index in [-0.39, 0.29) is 0 Å². The first kappa shape index (κ1) is 15.7. The standard InChI is InChI=1S/C8H8N2.C6H13N.C2H6/c1-6-4-10-8-2-3-9-5-7(6)8;1-2-7-5-3-4-6-7;1-2/h2-5,10H,1H3;2-6H2,1H3;1-2H3. The third kappa shape index (κ3) is 4.67. The van der Waals surface area contributed by atoms with Crippen LogP contribution in [0.4, 0.5) is 0 Å². The zero-order valence-corrected chi connectivity index (χ0v) is 12.7. The van der Waals surface area contributed by atoms with Gasteiger partial charge in [0.1, 0.15) is 0 Å². The number of aryl methyl sites for hydroxylation is 1. The van der Waals surface area contributed by atoms with Crippen molar-refractivity contribution in [3.8, 4) is 0 Å². The van der Waals surface area contributed by atoms with Gasteiger partial charge >= 0.3 is 0 Å². The van der Waals surface area contributed by atoms with Gasteiger partial charge in [-0.2, -0.15) is 0 Å². The van der Waals surface area contributed by atoms with Gasteiger partial charge < -0.3 is 9.88 Å². The Labute approximate surface area is 117 Å². The topological polar surface area (TPSA) is 31.9 Å². The van der Waals surface area contributed by atoms with Gasteiger partial charge in [0, 0.05) is 29.5 Å². The zero-order valence-electron chi connectivity index (χ0n) is 12.7. The van der Waals surface area contributed by atoms with E-state index in [0.29, 0.717) is 0 Å². The first-order valence-corrected chi connectivity index (χ1v) is 7.41. The quantitative estimate of drug-likeness (QED) is 0.841. The highest BCUT2D eigenvalue weighted by Crippen LogP contribution is 2.14. The van der Waals surface area contributed by atoms with Gasteiger partial charge in [-0.05, 0) is 51.0 Å². The molecule has 3 heteroatoms. The van der Waals surface area contributed by atoms with Crippen LogP contribution in [-0.2, 0) is 0 Å². The number of aromatic nitrogens is 2. The van der Waals surface area contributed by atoms with Crippen LogP contribution in [0.2, 0.25) is 0 Å². The molecule has 3 nitrogen and oxygen atoms in total. The molecule has 0 saturated carbocycles. The van der Waals surface area contributed by atoms with Gasteiger partial charge in [0.2, 0.25) is 0 Å². The summed E-state index contributed by atoms with van der Waals surface area (Å²) in [4.78, 5) is 9.66. The molecule has 1 saturated heterocycles. The van der Waals surface area contributed by atoms with Crippen molar-refractivity contribution >= 4 is 10.9 Å². The number of hydrogen-bond donors (Lipinski definition) is 1. The third-order valence-electron chi connectivity index (χ3n) is 3.34. The Morgan fingerprint density at radius 3 is 2.47 bits per heavy atom. The molecule has 0 atom stereocenters. The van der Waals surface area contributed by atoms with E-state index in [9.17, 15) is 0 Å². The summed E-state index contributed by atoms with van der Waals surface area (Å²) in [5, 5.41) is 1.21. The van der Waals surface area contributed by atoms with Crippen LogP contribution in [0.1, 0.15) is 39.2 Å². The number of likely N-dealkylation sites (tertiary alicyclic amines) is 1. The monoisotopic (exact) mass is 261 g/mol. The van der Waals surface area contributed by atoms with Crippen LogP contribution < -0.4 is 0 Å². The molecule has 1 N–H and O–H groups in total. The van der Waals surface area contributed by atoms with Gasteiger partial charge in [0.15, 0.2) is 0 Å². The van der Waals surface area contributed by atoms with Crippen molar-refractivity contribution in [3.05, 3.63) is 30.2 Å². The molecule has 0 radical (unpaired) electrons. The molecule has 0 bridgehead atoms. The number of nitrogens with one attached hydrogen (secondary N) is 1. The van der Waals surface area contributed by atoms with E-state index >= 15 is 0 Å². The number of nitrogens with zero attached hydrogens (tertiary/aromatic N) is 2. The molecule has 0 unspecified atom stereocenters. The molecular formula is C16H27N3. The lowest BCUT2D eigenvalue weighted by atomic mass is 10.2. The molecule has 1 aliphatic heterocycles. The average Bonchev–Trinajstić information content (AvgIpc) is 3.12. The van der Waals surface area contributed by atoms with Gasteiger partial charge in [-0.25, -0.2) is 0 Å². The van der Waals surface area contributed by atoms with Gasteiger partial charge in [-0.1, -0.05) is 20.8 Å². The number of fused-ring (bicyclic) bond motifs is 1. The summed E-state index contributed by atoms with van der Waals surface area (Å²) in [5.74, 6) is 0. The summed E-state index contributed by atoms with van der Waals surface area (Å²) < 4.78 is 0. The van der Waals surface area contributed by atoms with Crippen LogP contribution in [-0.4, -0.2) is 34.5 Å². The minimum Gasteiger partial charge on any atom is -0.361 e. The summed E-state index contributed by atoms with van der Waals surface area (Å²) in [6, 6.07) is 1.97. The Kier molecular flexibility index (Phi) is 7.19. The fraction of sp³-hybridized carbons (Fsp3) is 0.562. The maximum Gasteiger partial charge on any atom is 0.0487 e. The molecule has 0 spiro atoms. The normalized spacial score (nSPS) is 14.5. The number of pyridine rings is 1. The first-order chi connectivity index (χ1) is 9.31. The van der Waals surface area contributed by atoms with E-state index < -0.39 is 0 Å². The molecule has 3 rings (SSSR count). The number of H-pyrrole nitrogens is 1. The van der Waals surface area contributed by atoms with Crippen molar-refractivity contribution < 1.29 is 0 Å². The predicted octanol–water partition coefficient (Wildman–Crippen LogP) is 4.00. The third-order valence-corrected chi connectivity index (χ3v) is 3.34. The van der Waals surface area contributed by atoms with Crippen molar-refractivity contribution in [1.82, 2.24) is 14.9 Å². The fourth-order valence-electron chi connectivity index (χ4n) is 2.20. The summed E-state index contributed by atoms with van der Waals surface area (Å²) >= 11 is 0. The Morgan fingerprint density at radius 2 is 1.95 bits per heavy atom. The van der Waals surface area contributed by atoms with Gasteiger partial charge in [-0.15, -0.1) is 0 Å². The van der Waals surface area contributed by atoms with E-state index in [1.807, 2.05) is 32.3 Å². The minimum absolute atomic E-state index is 1.16. The van der Waals surface area contributed by atoms with E-state index in [0.717, 1.165) is 5.52 Å². The second kappa shape index (κ2) is 8.70. The molecular weight excluding hydrogens is 234 g/mol. The largest absolute Gasteiger partial charge is 0.361 e. The van der Waals surface area contributed by atoms with E-state index in [2.05, 4.69) is 28.7 Å². The highest BCUT2D eigenvalue weighted by Gasteiger charge is 2.06. The molecule has 1 fully saturated rings. The van der Waals surface area contributed by atoms with Crippen LogP contribution in [0.25, 0.3) is 10.9 Å². The van der Waals surface area contributed by atoms with Crippen molar-refractivity contribution in [2.24, 2.45) is 0 Å². The maximum atomic E-state index is 4.03. The second-order valence-electron chi connectivity index (χ2n) is 4.53. The van der Waals surface area contributed by atoms with Crippen LogP contribution in [0.3, 0.4) is 0 Å². The van der Waals surface area contributed by atoms with Crippen LogP contribution in [0, 0.1) is 6.92 Å². The fourth-order valence-corrected chi connectivity index (χ4v) is 2.20. The highest BCUT2D eigenvalue weighted by molar-refractivity contribution is 5.81. The first-order valence-electron chi connectivity index (χ1n) is 7.41. The highest BCUT2D eigenvalue weighted by atomic mass is 15.1. The Balaban J connectivity index is 0.000000177. The summed E-state index contributed by atoms with van der Waals surface area (Å²) in [6.45, 7) is 12.2. The molecule has 0 aliphatic carbocycles. The molecule has 2 aromatic rings. The molecule has 3 heterocycles. The van der Waals surface area contributed by atoms with E-state index in [4.69, 9.17) is 0 Å². The smallest absolute Gasteiger partial charge is 0.0487 e. The molecule has 19 heavy (non-hydrogen) atoms. The molecule has 2 aromatic heterocycles. The number of hydrogen-bond acceptors (Lipinski definition) is 2. The number of rotatable bonds is 1. The lowest BCUT2D eigenvalue weighted by molar-refractivity contribution is 0.359. The Morgan fingerprint density at radius 1 is 1.26 bits per heavy atom.